The van der Waals surface area contributed by atoms with Gasteiger partial charge in [-0.1, -0.05) is 182 Å². The van der Waals surface area contributed by atoms with E-state index in [9.17, 15) is 0 Å². The standard InChI is InChI=1S/C46H80.C13H24.C5H12.C2H6/c1-29(2)38-18-13-17-37(25-31(5)26-38)21-24-43-45-44(46(43)45)33(7)16-12-11-15-32(6)41-19-14-20-42(35(9)27-34(41)8)36(10)40-23-22-39(28-40)30(3)4;1-9(2)11-6-7-13-10(3)4-5-12(13)8-11;1-4-5(2)3;1-2/h29-42H,11-28H2,1-10H3;9-13H,4-8H2,1-3H3;5H,4H2,1-3H3;1-2H3. The quantitative estimate of drug-likeness (QED) is 0.135. The van der Waals surface area contributed by atoms with Gasteiger partial charge in [0.1, 0.15) is 0 Å². The third-order valence-corrected chi connectivity index (χ3v) is 21.1. The molecule has 0 aromatic heterocycles. The third-order valence-electron chi connectivity index (χ3n) is 21.1. The molecular formula is C66H122. The van der Waals surface area contributed by atoms with Crippen LogP contribution in [0.15, 0.2) is 22.3 Å². The molecule has 0 aromatic rings. The molecule has 5 saturated carbocycles. The van der Waals surface area contributed by atoms with Gasteiger partial charge >= 0.3 is 0 Å². The molecule has 0 aliphatic heterocycles. The zero-order chi connectivity index (χ0) is 48.8. The van der Waals surface area contributed by atoms with Crippen LogP contribution in [-0.4, -0.2) is 0 Å². The summed E-state index contributed by atoms with van der Waals surface area (Å²) in [5.41, 5.74) is 7.21. The molecule has 66 heavy (non-hydrogen) atoms. The molecule has 0 nitrogen and oxygen atoms in total. The predicted molar refractivity (Wildman–Crippen MR) is 297 cm³/mol. The highest BCUT2D eigenvalue weighted by atomic mass is 14.5. The van der Waals surface area contributed by atoms with Crippen LogP contribution in [-0.2, 0) is 0 Å². The van der Waals surface area contributed by atoms with E-state index >= 15 is 0 Å². The minimum Gasteiger partial charge on any atom is -0.0683 e. The van der Waals surface area contributed by atoms with Crippen LogP contribution in [0.1, 0.15) is 279 Å². The number of fused-ring (bicyclic) bond motifs is 2. The molecule has 5 fully saturated rings. The van der Waals surface area contributed by atoms with Crippen LogP contribution in [0.25, 0.3) is 0 Å². The maximum Gasteiger partial charge on any atom is -0.00984 e. The summed E-state index contributed by atoms with van der Waals surface area (Å²) >= 11 is 0. The van der Waals surface area contributed by atoms with Gasteiger partial charge in [-0.2, -0.15) is 0 Å². The molecule has 0 N–H and O–H groups in total. The van der Waals surface area contributed by atoms with E-state index in [4.69, 9.17) is 0 Å². The molecule has 16 unspecified atom stereocenters. The Balaban J connectivity index is 0.000000393. The predicted octanol–water partition coefficient (Wildman–Crippen LogP) is 21.7. The van der Waals surface area contributed by atoms with Gasteiger partial charge in [0, 0.05) is 0 Å². The summed E-state index contributed by atoms with van der Waals surface area (Å²) in [6, 6.07) is 0. The minimum absolute atomic E-state index is 0.828. The maximum atomic E-state index is 2.66. The lowest BCUT2D eigenvalue weighted by molar-refractivity contribution is 0.0970. The molecule has 0 saturated heterocycles. The van der Waals surface area contributed by atoms with Crippen LogP contribution >= 0.6 is 0 Å². The van der Waals surface area contributed by atoms with Gasteiger partial charge in [0.2, 0.25) is 0 Å². The normalized spacial score (nSPS) is 35.8. The number of hydrogen-bond acceptors (Lipinski definition) is 0. The Labute approximate surface area is 417 Å². The van der Waals surface area contributed by atoms with Crippen molar-refractivity contribution in [1.29, 1.82) is 0 Å². The van der Waals surface area contributed by atoms with Crippen molar-refractivity contribution >= 4 is 0 Å². The van der Waals surface area contributed by atoms with Crippen LogP contribution in [0.4, 0.5) is 0 Å². The second-order valence-electron chi connectivity index (χ2n) is 27.2. The van der Waals surface area contributed by atoms with Crippen molar-refractivity contribution in [2.24, 2.45) is 118 Å². The first-order valence-corrected chi connectivity index (χ1v) is 30.9. The van der Waals surface area contributed by atoms with Crippen LogP contribution in [0, 0.1) is 118 Å². The lowest BCUT2D eigenvalue weighted by Crippen LogP contribution is -2.31. The van der Waals surface area contributed by atoms with Crippen LogP contribution in [0.3, 0.4) is 0 Å². The van der Waals surface area contributed by atoms with Crippen molar-refractivity contribution in [1.82, 2.24) is 0 Å². The molecule has 0 spiro atoms. The second kappa shape index (κ2) is 28.5. The fraction of sp³-hybridized carbons (Fsp3) is 0.939. The first kappa shape index (κ1) is 58.1. The average molecular weight is 916 g/mol. The minimum atomic E-state index is 0.828. The summed E-state index contributed by atoms with van der Waals surface area (Å²) in [5, 5.41) is 0. The van der Waals surface area contributed by atoms with Crippen molar-refractivity contribution in [3.8, 4) is 0 Å². The van der Waals surface area contributed by atoms with Gasteiger partial charge in [-0.15, -0.1) is 0 Å². The molecule has 7 aliphatic carbocycles. The molecular weight excluding hydrogens is 793 g/mol. The Morgan fingerprint density at radius 1 is 0.500 bits per heavy atom. The molecule has 386 valence electrons. The molecule has 0 aromatic carbocycles. The fourth-order valence-corrected chi connectivity index (χ4v) is 15.9. The Bertz CT molecular complexity index is 1400. The average Bonchev–Trinajstić information content (AvgIpc) is 4.05. The second-order valence-corrected chi connectivity index (χ2v) is 27.2. The number of allylic oxidation sites excluding steroid dienone is 4. The lowest BCUT2D eigenvalue weighted by Gasteiger charge is -2.40. The summed E-state index contributed by atoms with van der Waals surface area (Å²) < 4.78 is 0. The molecule has 0 heteroatoms. The zero-order valence-corrected chi connectivity index (χ0v) is 48.5. The van der Waals surface area contributed by atoms with Crippen molar-refractivity contribution in [2.45, 2.75) is 279 Å². The molecule has 0 amide bonds. The van der Waals surface area contributed by atoms with Crippen LogP contribution in [0.5, 0.6) is 0 Å². The first-order valence-electron chi connectivity index (χ1n) is 30.9. The van der Waals surface area contributed by atoms with Crippen molar-refractivity contribution < 1.29 is 0 Å². The van der Waals surface area contributed by atoms with E-state index < -0.39 is 0 Å². The van der Waals surface area contributed by atoms with Gasteiger partial charge in [-0.25, -0.2) is 0 Å². The Morgan fingerprint density at radius 3 is 1.67 bits per heavy atom. The monoisotopic (exact) mass is 915 g/mol. The van der Waals surface area contributed by atoms with Crippen LogP contribution < -0.4 is 0 Å². The smallest absolute Gasteiger partial charge is 0.00984 e. The number of rotatable bonds is 16. The van der Waals surface area contributed by atoms with Crippen molar-refractivity contribution in [3.05, 3.63) is 22.3 Å². The third kappa shape index (κ3) is 17.1. The zero-order valence-electron chi connectivity index (χ0n) is 48.5. The first-order chi connectivity index (χ1) is 31.4. The van der Waals surface area contributed by atoms with E-state index in [0.717, 1.165) is 118 Å². The molecule has 0 radical (unpaired) electrons. The number of hydrogen-bond donors (Lipinski definition) is 0. The Morgan fingerprint density at radius 2 is 1.05 bits per heavy atom. The summed E-state index contributed by atoms with van der Waals surface area (Å²) in [6.07, 6.45) is 35.5. The largest absolute Gasteiger partial charge is 0.0683 e. The van der Waals surface area contributed by atoms with Gasteiger partial charge in [-0.05, 0) is 237 Å². The SMILES string of the molecule is CC.CC(C)C1CCC2C(C)CCC2C1.CC1CC(CCC2=C3C2=C3C(C)CCCCC(C)C2CCCC(C(C)C3CCC(C(C)C)C3)C(C)CC2C)CCCC(C(C)C)C1.CCC(C)C. The van der Waals surface area contributed by atoms with E-state index in [0.29, 0.717) is 0 Å². The summed E-state index contributed by atoms with van der Waals surface area (Å²) in [7, 11) is 0. The topological polar surface area (TPSA) is 0 Å². The fourth-order valence-electron chi connectivity index (χ4n) is 15.9. The van der Waals surface area contributed by atoms with E-state index in [-0.39, 0.29) is 0 Å². The van der Waals surface area contributed by atoms with E-state index in [2.05, 4.69) is 111 Å². The van der Waals surface area contributed by atoms with Crippen LogP contribution in [0.2, 0.25) is 0 Å². The highest BCUT2D eigenvalue weighted by Gasteiger charge is 2.49. The van der Waals surface area contributed by atoms with Gasteiger partial charge < -0.3 is 0 Å². The Hall–Kier alpha value is -0.520. The molecule has 0 heterocycles. The number of unbranched alkanes of at least 4 members (excludes halogenated alkanes) is 1. The van der Waals surface area contributed by atoms with Crippen molar-refractivity contribution in [3.63, 3.8) is 0 Å². The summed E-state index contributed by atoms with van der Waals surface area (Å²) in [6.45, 7) is 43.4. The lowest BCUT2D eigenvalue weighted by atomic mass is 9.65. The molecule has 0 bridgehead atoms. The molecule has 7 aliphatic rings. The molecule has 7 rings (SSSR count). The highest BCUT2D eigenvalue weighted by Crippen LogP contribution is 2.66. The maximum absolute atomic E-state index is 2.66. The molecule has 16 atom stereocenters. The summed E-state index contributed by atoms with van der Waals surface area (Å²) in [4.78, 5) is 0. The summed E-state index contributed by atoms with van der Waals surface area (Å²) in [5.74, 6) is 19.2. The highest BCUT2D eigenvalue weighted by molar-refractivity contribution is 5.92. The van der Waals surface area contributed by atoms with Gasteiger partial charge in [-0.3, -0.25) is 0 Å². The van der Waals surface area contributed by atoms with Gasteiger partial charge in [0.05, 0.1) is 0 Å². The van der Waals surface area contributed by atoms with Gasteiger partial charge in [0.25, 0.3) is 0 Å². The van der Waals surface area contributed by atoms with E-state index in [1.807, 2.05) is 25.0 Å². The Kier molecular flexibility index (Phi) is 25.1. The van der Waals surface area contributed by atoms with Crippen molar-refractivity contribution in [2.75, 3.05) is 0 Å². The van der Waals surface area contributed by atoms with E-state index in [1.54, 1.807) is 17.6 Å². The van der Waals surface area contributed by atoms with Gasteiger partial charge in [0.15, 0.2) is 0 Å². The van der Waals surface area contributed by atoms with E-state index in [1.165, 1.54) is 148 Å².